The highest BCUT2D eigenvalue weighted by Gasteiger charge is 2.03. The maximum Gasteiger partial charge on any atom is 0.123 e. The third-order valence-corrected chi connectivity index (χ3v) is 2.93. The lowest BCUT2D eigenvalue weighted by atomic mass is 10.1. The van der Waals surface area contributed by atoms with Crippen molar-refractivity contribution in [2.45, 2.75) is 6.92 Å². The highest BCUT2D eigenvalue weighted by Crippen LogP contribution is 2.24. The third kappa shape index (κ3) is 1.82. The van der Waals surface area contributed by atoms with Crippen LogP contribution in [0.1, 0.15) is 5.56 Å². The van der Waals surface area contributed by atoms with Gasteiger partial charge in [0.05, 0.1) is 0 Å². The quantitative estimate of drug-likeness (QED) is 0.636. The monoisotopic (exact) mass is 225 g/mol. The van der Waals surface area contributed by atoms with Crippen molar-refractivity contribution in [3.05, 3.63) is 59.9 Å². The minimum absolute atomic E-state index is 0.208. The summed E-state index contributed by atoms with van der Waals surface area (Å²) in [5.41, 5.74) is 4.36. The first-order chi connectivity index (χ1) is 8.22. The smallest absolute Gasteiger partial charge is 0.123 e. The van der Waals surface area contributed by atoms with E-state index in [9.17, 15) is 4.39 Å². The summed E-state index contributed by atoms with van der Waals surface area (Å²) in [5, 5.41) is 1.18. The van der Waals surface area contributed by atoms with Crippen LogP contribution in [0.15, 0.2) is 48.5 Å². The molecule has 0 saturated carbocycles. The van der Waals surface area contributed by atoms with E-state index < -0.39 is 0 Å². The van der Waals surface area contributed by atoms with E-state index in [1.54, 1.807) is 12.1 Å². The number of aromatic nitrogens is 1. The Morgan fingerprint density at radius 3 is 2.47 bits per heavy atom. The van der Waals surface area contributed by atoms with E-state index in [0.717, 1.165) is 16.8 Å². The Bertz CT molecular complexity index is 665. The summed E-state index contributed by atoms with van der Waals surface area (Å²) >= 11 is 0. The van der Waals surface area contributed by atoms with Crippen LogP contribution in [0, 0.1) is 12.7 Å². The Kier molecular flexibility index (Phi) is 2.22. The van der Waals surface area contributed by atoms with Crippen molar-refractivity contribution < 1.29 is 4.39 Å². The topological polar surface area (TPSA) is 15.8 Å². The number of nitrogens with one attached hydrogen (secondary N) is 1. The lowest BCUT2D eigenvalue weighted by molar-refractivity contribution is 0.628. The number of H-pyrrole nitrogens is 1. The van der Waals surface area contributed by atoms with Crippen molar-refractivity contribution in [1.82, 2.24) is 4.98 Å². The molecule has 0 amide bonds. The van der Waals surface area contributed by atoms with Crippen LogP contribution in [0.4, 0.5) is 4.39 Å². The number of halogens is 1. The predicted molar refractivity (Wildman–Crippen MR) is 68.4 cm³/mol. The molecular weight excluding hydrogens is 213 g/mol. The first-order valence-electron chi connectivity index (χ1n) is 5.58. The summed E-state index contributed by atoms with van der Waals surface area (Å²) in [6.45, 7) is 2.07. The average molecular weight is 225 g/mol. The lowest BCUT2D eigenvalue weighted by Gasteiger charge is -1.96. The second-order valence-corrected chi connectivity index (χ2v) is 4.28. The lowest BCUT2D eigenvalue weighted by Crippen LogP contribution is -1.77. The van der Waals surface area contributed by atoms with Crippen LogP contribution in [-0.2, 0) is 0 Å². The average Bonchev–Trinajstić information content (AvgIpc) is 2.72. The molecule has 0 spiro atoms. The van der Waals surface area contributed by atoms with Crippen LogP contribution in [-0.4, -0.2) is 4.98 Å². The number of hydrogen-bond donors (Lipinski definition) is 1. The third-order valence-electron chi connectivity index (χ3n) is 2.93. The number of aryl methyl sites for hydroxylation is 1. The zero-order valence-electron chi connectivity index (χ0n) is 9.50. The van der Waals surface area contributed by atoms with Gasteiger partial charge in [-0.3, -0.25) is 0 Å². The largest absolute Gasteiger partial charge is 0.355 e. The van der Waals surface area contributed by atoms with E-state index in [-0.39, 0.29) is 5.82 Å². The van der Waals surface area contributed by atoms with Gasteiger partial charge in [-0.1, -0.05) is 11.6 Å². The molecule has 0 aliphatic rings. The predicted octanol–water partition coefficient (Wildman–Crippen LogP) is 4.28. The normalized spacial score (nSPS) is 10.9. The van der Waals surface area contributed by atoms with Crippen molar-refractivity contribution in [1.29, 1.82) is 0 Å². The van der Waals surface area contributed by atoms with E-state index >= 15 is 0 Å². The van der Waals surface area contributed by atoms with E-state index in [4.69, 9.17) is 0 Å². The fraction of sp³-hybridized carbons (Fsp3) is 0.0667. The molecule has 84 valence electrons. The van der Waals surface area contributed by atoms with Crippen LogP contribution in [0.25, 0.3) is 22.2 Å². The highest BCUT2D eigenvalue weighted by atomic mass is 19.1. The van der Waals surface area contributed by atoms with Gasteiger partial charge >= 0.3 is 0 Å². The Morgan fingerprint density at radius 1 is 0.941 bits per heavy atom. The Morgan fingerprint density at radius 2 is 1.71 bits per heavy atom. The van der Waals surface area contributed by atoms with Crippen LogP contribution in [0.5, 0.6) is 0 Å². The second kappa shape index (κ2) is 3.74. The van der Waals surface area contributed by atoms with Gasteiger partial charge in [0.25, 0.3) is 0 Å². The summed E-state index contributed by atoms with van der Waals surface area (Å²) in [4.78, 5) is 3.34. The number of benzene rings is 2. The van der Waals surface area contributed by atoms with E-state index in [1.165, 1.54) is 23.1 Å². The van der Waals surface area contributed by atoms with Crippen LogP contribution < -0.4 is 0 Å². The van der Waals surface area contributed by atoms with Crippen molar-refractivity contribution >= 4 is 10.9 Å². The molecule has 0 aliphatic heterocycles. The molecule has 17 heavy (non-hydrogen) atoms. The zero-order valence-corrected chi connectivity index (χ0v) is 9.50. The van der Waals surface area contributed by atoms with Gasteiger partial charge in [0.15, 0.2) is 0 Å². The molecule has 3 rings (SSSR count). The molecule has 0 atom stereocenters. The SMILES string of the molecule is Cc1ccc2[nH]c(-c3ccc(F)cc3)cc2c1. The number of hydrogen-bond acceptors (Lipinski definition) is 0. The molecule has 0 aliphatic carbocycles. The molecule has 1 heterocycles. The van der Waals surface area contributed by atoms with Crippen LogP contribution >= 0.6 is 0 Å². The van der Waals surface area contributed by atoms with Gasteiger partial charge in [-0.05, 0) is 55.0 Å². The first kappa shape index (κ1) is 10.1. The van der Waals surface area contributed by atoms with Gasteiger partial charge in [0, 0.05) is 16.6 Å². The highest BCUT2D eigenvalue weighted by molar-refractivity contribution is 5.86. The summed E-state index contributed by atoms with van der Waals surface area (Å²) in [6.07, 6.45) is 0. The van der Waals surface area contributed by atoms with E-state index in [1.807, 2.05) is 0 Å². The van der Waals surface area contributed by atoms with Crippen LogP contribution in [0.2, 0.25) is 0 Å². The number of rotatable bonds is 1. The number of fused-ring (bicyclic) bond motifs is 1. The molecule has 1 N–H and O–H groups in total. The molecule has 0 radical (unpaired) electrons. The minimum atomic E-state index is -0.208. The molecule has 1 nitrogen and oxygen atoms in total. The van der Waals surface area contributed by atoms with E-state index in [0.29, 0.717) is 0 Å². The van der Waals surface area contributed by atoms with Gasteiger partial charge in [-0.2, -0.15) is 0 Å². The van der Waals surface area contributed by atoms with Crippen LogP contribution in [0.3, 0.4) is 0 Å². The Labute approximate surface area is 98.9 Å². The maximum absolute atomic E-state index is 12.8. The molecule has 0 bridgehead atoms. The Hall–Kier alpha value is -2.09. The molecule has 3 aromatic rings. The molecule has 2 aromatic carbocycles. The van der Waals surface area contributed by atoms with Crippen molar-refractivity contribution in [2.24, 2.45) is 0 Å². The van der Waals surface area contributed by atoms with Gasteiger partial charge in [-0.25, -0.2) is 4.39 Å². The first-order valence-corrected chi connectivity index (χ1v) is 5.58. The fourth-order valence-electron chi connectivity index (χ4n) is 2.04. The summed E-state index contributed by atoms with van der Waals surface area (Å²) < 4.78 is 12.8. The molecule has 0 unspecified atom stereocenters. The summed E-state index contributed by atoms with van der Waals surface area (Å²) in [7, 11) is 0. The van der Waals surface area contributed by atoms with Gasteiger partial charge in [0.2, 0.25) is 0 Å². The van der Waals surface area contributed by atoms with E-state index in [2.05, 4.69) is 36.2 Å². The second-order valence-electron chi connectivity index (χ2n) is 4.28. The molecule has 0 fully saturated rings. The fourth-order valence-corrected chi connectivity index (χ4v) is 2.04. The number of aromatic amines is 1. The van der Waals surface area contributed by atoms with Crippen molar-refractivity contribution in [2.75, 3.05) is 0 Å². The Balaban J connectivity index is 2.14. The van der Waals surface area contributed by atoms with Gasteiger partial charge < -0.3 is 4.98 Å². The van der Waals surface area contributed by atoms with Crippen molar-refractivity contribution in [3.63, 3.8) is 0 Å². The standard InChI is InChI=1S/C15H12FN/c1-10-2-7-14-12(8-10)9-15(17-14)11-3-5-13(16)6-4-11/h2-9,17H,1H3. The molecule has 2 heteroatoms. The molecule has 1 aromatic heterocycles. The minimum Gasteiger partial charge on any atom is -0.355 e. The summed E-state index contributed by atoms with van der Waals surface area (Å²) in [6, 6.07) is 14.9. The maximum atomic E-state index is 12.8. The van der Waals surface area contributed by atoms with Gasteiger partial charge in [-0.15, -0.1) is 0 Å². The zero-order chi connectivity index (χ0) is 11.8. The summed E-state index contributed by atoms with van der Waals surface area (Å²) in [5.74, 6) is -0.208. The molecular formula is C15H12FN. The van der Waals surface area contributed by atoms with Gasteiger partial charge in [0.1, 0.15) is 5.82 Å². The van der Waals surface area contributed by atoms with Crippen molar-refractivity contribution in [3.8, 4) is 11.3 Å². The molecule has 0 saturated heterocycles.